The van der Waals surface area contributed by atoms with Crippen LogP contribution >= 0.6 is 31.9 Å². The summed E-state index contributed by atoms with van der Waals surface area (Å²) in [6.45, 7) is 2.12. The molecule has 3 heteroatoms. The maximum atomic E-state index is 4.90. The van der Waals surface area contributed by atoms with E-state index in [0.717, 1.165) is 25.7 Å². The Labute approximate surface area is 164 Å². The second kappa shape index (κ2) is 6.74. The molecule has 0 bridgehead atoms. The lowest BCUT2D eigenvalue weighted by Crippen LogP contribution is -1.90. The molecule has 122 valence electrons. The topological polar surface area (TPSA) is 12.9 Å². The standard InChI is InChI=1S/C22H15Br2N/c1-14-2-11-21-20(12-14)19(15-3-7-17(23)8-4-15)13-22(25-21)16-5-9-18(24)10-6-16/h2-13H,1H3. The van der Waals surface area contributed by atoms with Crippen molar-refractivity contribution in [3.63, 3.8) is 0 Å². The van der Waals surface area contributed by atoms with E-state index in [4.69, 9.17) is 4.98 Å². The molecule has 0 saturated heterocycles. The lowest BCUT2D eigenvalue weighted by Gasteiger charge is -2.11. The van der Waals surface area contributed by atoms with E-state index in [2.05, 4.69) is 112 Å². The van der Waals surface area contributed by atoms with Crippen LogP contribution in [0, 0.1) is 6.92 Å². The van der Waals surface area contributed by atoms with Gasteiger partial charge in [-0.2, -0.15) is 0 Å². The third-order valence-corrected chi connectivity index (χ3v) is 5.32. The highest BCUT2D eigenvalue weighted by molar-refractivity contribution is 9.10. The highest BCUT2D eigenvalue weighted by Crippen LogP contribution is 2.33. The normalized spacial score (nSPS) is 11.0. The zero-order chi connectivity index (χ0) is 17.4. The Kier molecular flexibility index (Phi) is 4.45. The van der Waals surface area contributed by atoms with Crippen LogP contribution in [0.25, 0.3) is 33.3 Å². The van der Waals surface area contributed by atoms with E-state index in [1.54, 1.807) is 0 Å². The highest BCUT2D eigenvalue weighted by atomic mass is 79.9. The fraction of sp³-hybridized carbons (Fsp3) is 0.0455. The molecule has 4 aromatic rings. The quantitative estimate of drug-likeness (QED) is 0.308. The third kappa shape index (κ3) is 3.39. The first-order chi connectivity index (χ1) is 12.1. The summed E-state index contributed by atoms with van der Waals surface area (Å²) in [5.41, 5.74) is 6.76. The summed E-state index contributed by atoms with van der Waals surface area (Å²) in [5, 5.41) is 1.18. The summed E-state index contributed by atoms with van der Waals surface area (Å²) in [7, 11) is 0. The smallest absolute Gasteiger partial charge is 0.0715 e. The fourth-order valence-electron chi connectivity index (χ4n) is 2.98. The Bertz CT molecular complexity index is 1050. The minimum Gasteiger partial charge on any atom is -0.248 e. The number of aromatic nitrogens is 1. The number of rotatable bonds is 2. The Hall–Kier alpha value is -1.97. The number of benzene rings is 3. The first-order valence-corrected chi connectivity index (χ1v) is 9.62. The number of nitrogens with zero attached hydrogens (tertiary/aromatic N) is 1. The van der Waals surface area contributed by atoms with Crippen molar-refractivity contribution >= 4 is 42.8 Å². The predicted molar refractivity (Wildman–Crippen MR) is 113 cm³/mol. The Morgan fingerprint density at radius 2 is 1.28 bits per heavy atom. The van der Waals surface area contributed by atoms with Crippen LogP contribution in [0.5, 0.6) is 0 Å². The number of hydrogen-bond donors (Lipinski definition) is 0. The van der Waals surface area contributed by atoms with Crippen molar-refractivity contribution in [3.05, 3.63) is 87.3 Å². The van der Waals surface area contributed by atoms with Gasteiger partial charge in [0.1, 0.15) is 0 Å². The van der Waals surface area contributed by atoms with Crippen molar-refractivity contribution in [3.8, 4) is 22.4 Å². The van der Waals surface area contributed by atoms with Crippen LogP contribution in [-0.2, 0) is 0 Å². The monoisotopic (exact) mass is 451 g/mol. The molecule has 1 heterocycles. The van der Waals surface area contributed by atoms with Crippen LogP contribution in [-0.4, -0.2) is 4.98 Å². The van der Waals surface area contributed by atoms with E-state index >= 15 is 0 Å². The second-order valence-electron chi connectivity index (χ2n) is 6.09. The van der Waals surface area contributed by atoms with Gasteiger partial charge in [-0.25, -0.2) is 4.98 Å². The van der Waals surface area contributed by atoms with Crippen LogP contribution in [0.4, 0.5) is 0 Å². The summed E-state index contributed by atoms with van der Waals surface area (Å²) in [4.78, 5) is 4.90. The van der Waals surface area contributed by atoms with Gasteiger partial charge in [-0.1, -0.05) is 67.8 Å². The summed E-state index contributed by atoms with van der Waals surface area (Å²) in [6.07, 6.45) is 0. The molecule has 0 fully saturated rings. The van der Waals surface area contributed by atoms with Crippen molar-refractivity contribution in [2.75, 3.05) is 0 Å². The van der Waals surface area contributed by atoms with Crippen LogP contribution in [0.1, 0.15) is 5.56 Å². The molecule has 0 spiro atoms. The molecule has 0 radical (unpaired) electrons. The molecule has 0 aliphatic heterocycles. The number of pyridine rings is 1. The van der Waals surface area contributed by atoms with Gasteiger partial charge in [-0.15, -0.1) is 0 Å². The maximum Gasteiger partial charge on any atom is 0.0715 e. The maximum absolute atomic E-state index is 4.90. The molecule has 0 aliphatic rings. The van der Waals surface area contributed by atoms with Crippen LogP contribution < -0.4 is 0 Å². The van der Waals surface area contributed by atoms with Crippen LogP contribution in [0.2, 0.25) is 0 Å². The van der Waals surface area contributed by atoms with E-state index in [1.165, 1.54) is 22.1 Å². The summed E-state index contributed by atoms with van der Waals surface area (Å²) in [6, 6.07) is 25.4. The number of hydrogen-bond acceptors (Lipinski definition) is 1. The van der Waals surface area contributed by atoms with Gasteiger partial charge in [0.15, 0.2) is 0 Å². The van der Waals surface area contributed by atoms with Crippen LogP contribution in [0.15, 0.2) is 81.7 Å². The average Bonchev–Trinajstić information content (AvgIpc) is 2.62. The van der Waals surface area contributed by atoms with E-state index in [-0.39, 0.29) is 0 Å². The van der Waals surface area contributed by atoms with Crippen molar-refractivity contribution in [2.24, 2.45) is 0 Å². The average molecular weight is 453 g/mol. The minimum atomic E-state index is 0.988. The molecular formula is C22H15Br2N. The first-order valence-electron chi connectivity index (χ1n) is 8.03. The van der Waals surface area contributed by atoms with E-state index in [9.17, 15) is 0 Å². The van der Waals surface area contributed by atoms with Crippen LogP contribution in [0.3, 0.4) is 0 Å². The Morgan fingerprint density at radius 1 is 0.680 bits per heavy atom. The SMILES string of the molecule is Cc1ccc2nc(-c3ccc(Br)cc3)cc(-c3ccc(Br)cc3)c2c1. The molecule has 1 nitrogen and oxygen atoms in total. The van der Waals surface area contributed by atoms with Crippen molar-refractivity contribution in [1.29, 1.82) is 0 Å². The fourth-order valence-corrected chi connectivity index (χ4v) is 3.51. The number of aryl methyl sites for hydroxylation is 1. The summed E-state index contributed by atoms with van der Waals surface area (Å²) < 4.78 is 2.15. The molecule has 3 aromatic carbocycles. The molecule has 1 aromatic heterocycles. The lowest BCUT2D eigenvalue weighted by molar-refractivity contribution is 1.38. The Morgan fingerprint density at radius 3 is 1.92 bits per heavy atom. The number of halogens is 2. The van der Waals surface area contributed by atoms with Gasteiger partial charge in [0.2, 0.25) is 0 Å². The number of fused-ring (bicyclic) bond motifs is 1. The molecular weight excluding hydrogens is 438 g/mol. The molecule has 0 atom stereocenters. The van der Waals surface area contributed by atoms with Crippen molar-refractivity contribution in [2.45, 2.75) is 6.92 Å². The van der Waals surface area contributed by atoms with Gasteiger partial charge in [-0.05, 0) is 60.5 Å². The molecule has 0 unspecified atom stereocenters. The van der Waals surface area contributed by atoms with Crippen molar-refractivity contribution < 1.29 is 0 Å². The molecule has 0 N–H and O–H groups in total. The molecule has 0 saturated carbocycles. The van der Waals surface area contributed by atoms with Gasteiger partial charge in [0.05, 0.1) is 11.2 Å². The lowest BCUT2D eigenvalue weighted by atomic mass is 9.97. The summed E-state index contributed by atoms with van der Waals surface area (Å²) in [5.74, 6) is 0. The Balaban J connectivity index is 1.99. The van der Waals surface area contributed by atoms with Gasteiger partial charge >= 0.3 is 0 Å². The van der Waals surface area contributed by atoms with Gasteiger partial charge < -0.3 is 0 Å². The summed E-state index contributed by atoms with van der Waals surface area (Å²) >= 11 is 7.02. The second-order valence-corrected chi connectivity index (χ2v) is 7.92. The molecule has 0 aliphatic carbocycles. The molecule has 25 heavy (non-hydrogen) atoms. The zero-order valence-corrected chi connectivity index (χ0v) is 16.8. The molecule has 0 amide bonds. The van der Waals surface area contributed by atoms with Gasteiger partial charge in [0, 0.05) is 19.9 Å². The van der Waals surface area contributed by atoms with Gasteiger partial charge in [0.25, 0.3) is 0 Å². The van der Waals surface area contributed by atoms with Gasteiger partial charge in [-0.3, -0.25) is 0 Å². The van der Waals surface area contributed by atoms with Crippen molar-refractivity contribution in [1.82, 2.24) is 4.98 Å². The third-order valence-electron chi connectivity index (χ3n) is 4.26. The van der Waals surface area contributed by atoms with E-state index in [1.807, 2.05) is 0 Å². The predicted octanol–water partition coefficient (Wildman–Crippen LogP) is 7.40. The minimum absolute atomic E-state index is 0.988. The van der Waals surface area contributed by atoms with E-state index in [0.29, 0.717) is 0 Å². The highest BCUT2D eigenvalue weighted by Gasteiger charge is 2.10. The van der Waals surface area contributed by atoms with E-state index < -0.39 is 0 Å². The first kappa shape index (κ1) is 16.5. The largest absolute Gasteiger partial charge is 0.248 e. The zero-order valence-electron chi connectivity index (χ0n) is 13.6. The molecule has 4 rings (SSSR count).